The predicted octanol–water partition coefficient (Wildman–Crippen LogP) is 4.03. The van der Waals surface area contributed by atoms with Gasteiger partial charge in [0.05, 0.1) is 11.7 Å². The van der Waals surface area contributed by atoms with Crippen LogP contribution in [-0.2, 0) is 6.54 Å². The number of nitrogens with zero attached hydrogens (tertiary/aromatic N) is 2. The lowest BCUT2D eigenvalue weighted by Crippen LogP contribution is -2.27. The molecule has 0 saturated heterocycles. The highest BCUT2D eigenvalue weighted by atomic mass is 79.9. The molecule has 0 bridgehead atoms. The van der Waals surface area contributed by atoms with Gasteiger partial charge in [0, 0.05) is 22.8 Å². The van der Waals surface area contributed by atoms with Crippen molar-refractivity contribution in [3.63, 3.8) is 0 Å². The number of halogens is 3. The third-order valence-corrected chi connectivity index (χ3v) is 3.73. The first-order chi connectivity index (χ1) is 10.1. The minimum absolute atomic E-state index is 0.0295. The fraction of sp³-hybridized carbons (Fsp3) is 0.400. The summed E-state index contributed by atoms with van der Waals surface area (Å²) in [5, 5.41) is 7.40. The van der Waals surface area contributed by atoms with Crippen LogP contribution < -0.4 is 5.32 Å². The van der Waals surface area contributed by atoms with Crippen LogP contribution in [0.15, 0.2) is 28.9 Å². The van der Waals surface area contributed by atoms with Crippen LogP contribution >= 0.6 is 15.9 Å². The van der Waals surface area contributed by atoms with Crippen molar-refractivity contribution in [2.45, 2.75) is 32.9 Å². The van der Waals surface area contributed by atoms with Gasteiger partial charge in [-0.2, -0.15) is 5.10 Å². The molecule has 2 rings (SSSR count). The molecule has 114 valence electrons. The maximum atomic E-state index is 14.3. The Morgan fingerprint density at radius 3 is 2.52 bits per heavy atom. The maximum Gasteiger partial charge on any atom is 0.132 e. The maximum absolute atomic E-state index is 14.3. The number of aryl methyl sites for hydroxylation is 1. The lowest BCUT2D eigenvalue weighted by Gasteiger charge is -2.21. The quantitative estimate of drug-likeness (QED) is 0.845. The summed E-state index contributed by atoms with van der Waals surface area (Å²) < 4.78 is 30.7. The highest BCUT2D eigenvalue weighted by Gasteiger charge is 2.24. The van der Waals surface area contributed by atoms with E-state index in [4.69, 9.17) is 0 Å². The van der Waals surface area contributed by atoms with Gasteiger partial charge >= 0.3 is 0 Å². The number of hydrogen-bond donors (Lipinski definition) is 1. The van der Waals surface area contributed by atoms with E-state index in [2.05, 4.69) is 26.3 Å². The summed E-state index contributed by atoms with van der Waals surface area (Å²) in [5.74, 6) is -1.14. The third kappa shape index (κ3) is 3.49. The Kier molecular flexibility index (Phi) is 5.47. The second-order valence-electron chi connectivity index (χ2n) is 4.74. The summed E-state index contributed by atoms with van der Waals surface area (Å²) in [6.07, 6.45) is 2.52. The minimum Gasteiger partial charge on any atom is -0.305 e. The van der Waals surface area contributed by atoms with Gasteiger partial charge in [0.1, 0.15) is 11.6 Å². The molecule has 0 amide bonds. The molecule has 21 heavy (non-hydrogen) atoms. The van der Waals surface area contributed by atoms with E-state index in [9.17, 15) is 8.78 Å². The van der Waals surface area contributed by atoms with Gasteiger partial charge in [-0.05, 0) is 38.1 Å². The van der Waals surface area contributed by atoms with Crippen LogP contribution in [0.5, 0.6) is 0 Å². The number of aromatic nitrogens is 2. The molecule has 1 unspecified atom stereocenters. The summed E-state index contributed by atoms with van der Waals surface area (Å²) in [4.78, 5) is 0. The van der Waals surface area contributed by atoms with E-state index in [0.29, 0.717) is 17.6 Å². The molecule has 1 N–H and O–H groups in total. The Morgan fingerprint density at radius 2 is 1.95 bits per heavy atom. The molecule has 3 nitrogen and oxygen atoms in total. The molecule has 0 fully saturated rings. The fourth-order valence-corrected chi connectivity index (χ4v) is 2.73. The van der Waals surface area contributed by atoms with Crippen LogP contribution in [-0.4, -0.2) is 16.3 Å². The zero-order valence-corrected chi connectivity index (χ0v) is 13.6. The van der Waals surface area contributed by atoms with Gasteiger partial charge in [-0.25, -0.2) is 8.78 Å². The zero-order chi connectivity index (χ0) is 15.4. The van der Waals surface area contributed by atoms with Crippen LogP contribution in [0.25, 0.3) is 0 Å². The average Bonchev–Trinajstić information content (AvgIpc) is 2.89. The largest absolute Gasteiger partial charge is 0.305 e. The van der Waals surface area contributed by atoms with Gasteiger partial charge < -0.3 is 5.32 Å². The van der Waals surface area contributed by atoms with Crippen molar-refractivity contribution in [2.24, 2.45) is 0 Å². The summed E-state index contributed by atoms with van der Waals surface area (Å²) in [6.45, 7) is 5.26. The Labute approximate surface area is 131 Å². The molecule has 0 aliphatic heterocycles. The van der Waals surface area contributed by atoms with Gasteiger partial charge in [-0.3, -0.25) is 4.68 Å². The normalized spacial score (nSPS) is 12.6. The van der Waals surface area contributed by atoms with E-state index in [1.807, 2.05) is 13.8 Å². The van der Waals surface area contributed by atoms with Crippen LogP contribution in [0.1, 0.15) is 37.6 Å². The first-order valence-electron chi connectivity index (χ1n) is 6.98. The fourth-order valence-electron chi connectivity index (χ4n) is 2.32. The Hall–Kier alpha value is -1.27. The van der Waals surface area contributed by atoms with Crippen molar-refractivity contribution in [3.05, 3.63) is 51.8 Å². The standard InChI is InChI=1S/C15H18BrF2N3/c1-3-6-19-15(13-5-7-20-21(13)4-2)14-11(17)8-10(16)9-12(14)18/h5,7-9,15,19H,3-4,6H2,1-2H3. The summed E-state index contributed by atoms with van der Waals surface area (Å²) in [7, 11) is 0. The average molecular weight is 358 g/mol. The van der Waals surface area contributed by atoms with Crippen LogP contribution in [0.2, 0.25) is 0 Å². The lowest BCUT2D eigenvalue weighted by molar-refractivity contribution is 0.476. The van der Waals surface area contributed by atoms with Gasteiger partial charge in [0.15, 0.2) is 0 Å². The van der Waals surface area contributed by atoms with Gasteiger partial charge in [0.2, 0.25) is 0 Å². The summed E-state index contributed by atoms with van der Waals surface area (Å²) in [6, 6.07) is 3.80. The van der Waals surface area contributed by atoms with Crippen molar-refractivity contribution >= 4 is 15.9 Å². The summed E-state index contributed by atoms with van der Waals surface area (Å²) >= 11 is 3.11. The molecule has 6 heteroatoms. The molecule has 0 aliphatic carbocycles. The molecule has 0 aliphatic rings. The molecule has 1 aromatic heterocycles. The van der Waals surface area contributed by atoms with Crippen LogP contribution in [0.4, 0.5) is 8.78 Å². The molecule has 1 atom stereocenters. The van der Waals surface area contributed by atoms with Crippen molar-refractivity contribution in [1.82, 2.24) is 15.1 Å². The van der Waals surface area contributed by atoms with E-state index >= 15 is 0 Å². The Balaban J connectivity index is 2.51. The molecule has 1 aromatic carbocycles. The van der Waals surface area contributed by atoms with Crippen molar-refractivity contribution in [1.29, 1.82) is 0 Å². The lowest BCUT2D eigenvalue weighted by atomic mass is 10.0. The molecule has 1 heterocycles. The molecule has 0 saturated carbocycles. The first-order valence-corrected chi connectivity index (χ1v) is 7.77. The monoisotopic (exact) mass is 357 g/mol. The predicted molar refractivity (Wildman–Crippen MR) is 82.1 cm³/mol. The van der Waals surface area contributed by atoms with E-state index in [1.54, 1.807) is 16.9 Å². The van der Waals surface area contributed by atoms with E-state index in [1.165, 1.54) is 12.1 Å². The highest BCUT2D eigenvalue weighted by molar-refractivity contribution is 9.10. The van der Waals surface area contributed by atoms with Gasteiger partial charge in [-0.1, -0.05) is 22.9 Å². The molecule has 2 aromatic rings. The van der Waals surface area contributed by atoms with E-state index in [0.717, 1.165) is 12.1 Å². The molecular formula is C15H18BrF2N3. The second kappa shape index (κ2) is 7.13. The number of hydrogen-bond acceptors (Lipinski definition) is 2. The van der Waals surface area contributed by atoms with Crippen LogP contribution in [0, 0.1) is 11.6 Å². The summed E-state index contributed by atoms with van der Waals surface area (Å²) in [5.41, 5.74) is 0.785. The molecular weight excluding hydrogens is 340 g/mol. The Morgan fingerprint density at radius 1 is 1.29 bits per heavy atom. The minimum atomic E-state index is -0.570. The molecule has 0 radical (unpaired) electrons. The Bertz CT molecular complexity index is 590. The zero-order valence-electron chi connectivity index (χ0n) is 12.0. The number of nitrogens with one attached hydrogen (secondary N) is 1. The van der Waals surface area contributed by atoms with Crippen molar-refractivity contribution in [3.8, 4) is 0 Å². The topological polar surface area (TPSA) is 29.9 Å². The van der Waals surface area contributed by atoms with E-state index in [-0.39, 0.29) is 5.56 Å². The third-order valence-electron chi connectivity index (χ3n) is 3.28. The van der Waals surface area contributed by atoms with Crippen molar-refractivity contribution in [2.75, 3.05) is 6.54 Å². The van der Waals surface area contributed by atoms with Gasteiger partial charge in [-0.15, -0.1) is 0 Å². The first kappa shape index (κ1) is 16.1. The van der Waals surface area contributed by atoms with E-state index < -0.39 is 17.7 Å². The number of rotatable bonds is 6. The highest BCUT2D eigenvalue weighted by Crippen LogP contribution is 2.29. The number of benzene rings is 1. The SMILES string of the molecule is CCCNC(c1c(F)cc(Br)cc1F)c1ccnn1CC. The van der Waals surface area contributed by atoms with Crippen LogP contribution in [0.3, 0.4) is 0 Å². The van der Waals surface area contributed by atoms with Gasteiger partial charge in [0.25, 0.3) is 0 Å². The smallest absolute Gasteiger partial charge is 0.132 e. The second-order valence-corrected chi connectivity index (χ2v) is 5.66. The van der Waals surface area contributed by atoms with Crippen molar-refractivity contribution < 1.29 is 8.78 Å². The molecule has 0 spiro atoms.